The SMILES string of the molecule is Cc1c[c-]cnc1C.[Y]. The summed E-state index contributed by atoms with van der Waals surface area (Å²) in [6.07, 6.45) is 1.68. The topological polar surface area (TPSA) is 12.9 Å². The number of nitrogens with zero attached hydrogens (tertiary/aromatic N) is 1. The quantitative estimate of drug-likeness (QED) is 0.571. The third-order valence-electron chi connectivity index (χ3n) is 1.20. The molecule has 0 fully saturated rings. The molecule has 1 aromatic rings. The van der Waals surface area contributed by atoms with E-state index in [9.17, 15) is 0 Å². The predicted molar refractivity (Wildman–Crippen MR) is 32.5 cm³/mol. The molecule has 1 radical (unpaired) electrons. The summed E-state index contributed by atoms with van der Waals surface area (Å²) in [6.45, 7) is 4.02. The molecule has 1 heterocycles. The maximum atomic E-state index is 4.02. The van der Waals surface area contributed by atoms with Gasteiger partial charge in [-0.3, -0.25) is 0 Å². The fourth-order valence-electron chi connectivity index (χ4n) is 0.503. The van der Waals surface area contributed by atoms with Crippen LogP contribution < -0.4 is 0 Å². The van der Waals surface area contributed by atoms with Gasteiger partial charge in [0.1, 0.15) is 0 Å². The molecule has 0 atom stereocenters. The van der Waals surface area contributed by atoms with E-state index in [1.807, 2.05) is 19.9 Å². The predicted octanol–water partition coefficient (Wildman–Crippen LogP) is 1.50. The summed E-state index contributed by atoms with van der Waals surface area (Å²) < 4.78 is 0. The summed E-state index contributed by atoms with van der Waals surface area (Å²) in [4.78, 5) is 4.02. The van der Waals surface area contributed by atoms with Gasteiger partial charge in [-0.05, 0) is 12.6 Å². The molecule has 2 heteroatoms. The minimum atomic E-state index is 0. The van der Waals surface area contributed by atoms with Gasteiger partial charge in [-0.25, -0.2) is 12.1 Å². The number of hydrogen-bond donors (Lipinski definition) is 0. The van der Waals surface area contributed by atoms with Crippen LogP contribution in [-0.4, -0.2) is 4.98 Å². The maximum Gasteiger partial charge on any atom is 0 e. The summed E-state index contributed by atoms with van der Waals surface area (Å²) in [5.74, 6) is 0. The van der Waals surface area contributed by atoms with Crippen molar-refractivity contribution < 1.29 is 32.7 Å². The monoisotopic (exact) mass is 195 g/mol. The average molecular weight is 195 g/mol. The molecule has 0 N–H and O–H groups in total. The van der Waals surface area contributed by atoms with Crippen LogP contribution in [0.4, 0.5) is 0 Å². The van der Waals surface area contributed by atoms with E-state index in [0.717, 1.165) is 5.69 Å². The fraction of sp³-hybridized carbons (Fsp3) is 0.286. The van der Waals surface area contributed by atoms with Crippen LogP contribution in [0.2, 0.25) is 0 Å². The summed E-state index contributed by atoms with van der Waals surface area (Å²) in [5.41, 5.74) is 2.29. The number of aromatic nitrogens is 1. The normalized spacial score (nSPS) is 8.22. The summed E-state index contributed by atoms with van der Waals surface area (Å²) in [6, 6.07) is 4.82. The van der Waals surface area contributed by atoms with Crippen molar-refractivity contribution in [2.45, 2.75) is 13.8 Å². The van der Waals surface area contributed by atoms with Crippen LogP contribution in [0.1, 0.15) is 11.3 Å². The van der Waals surface area contributed by atoms with Crippen molar-refractivity contribution in [2.75, 3.05) is 0 Å². The van der Waals surface area contributed by atoms with Crippen LogP contribution in [0, 0.1) is 19.9 Å². The van der Waals surface area contributed by atoms with E-state index < -0.39 is 0 Å². The number of rotatable bonds is 0. The first-order chi connectivity index (χ1) is 3.80. The smallest absolute Gasteiger partial charge is 0 e. The molecule has 0 saturated heterocycles. The molecule has 1 aromatic heterocycles. The van der Waals surface area contributed by atoms with Gasteiger partial charge in [0, 0.05) is 32.7 Å². The summed E-state index contributed by atoms with van der Waals surface area (Å²) >= 11 is 0. The van der Waals surface area contributed by atoms with Gasteiger partial charge in [0.05, 0.1) is 0 Å². The standard InChI is InChI=1S/C7H8N.Y/c1-6-4-3-5-8-7(6)2;/h4-5H,1-2H3;/q-1;. The van der Waals surface area contributed by atoms with E-state index in [1.165, 1.54) is 5.56 Å². The van der Waals surface area contributed by atoms with Gasteiger partial charge in [-0.1, -0.05) is 6.20 Å². The first-order valence-corrected chi connectivity index (χ1v) is 2.60. The van der Waals surface area contributed by atoms with Gasteiger partial charge in [-0.15, -0.1) is 6.92 Å². The van der Waals surface area contributed by atoms with Crippen molar-refractivity contribution in [2.24, 2.45) is 0 Å². The van der Waals surface area contributed by atoms with Crippen molar-refractivity contribution in [3.8, 4) is 0 Å². The zero-order valence-corrected chi connectivity index (χ0v) is 8.52. The van der Waals surface area contributed by atoms with E-state index in [1.54, 1.807) is 6.20 Å². The largest absolute Gasteiger partial charge is 0.301 e. The van der Waals surface area contributed by atoms with Gasteiger partial charge in [0.15, 0.2) is 0 Å². The minimum Gasteiger partial charge on any atom is -0.301 e. The molecule has 1 rings (SSSR count). The van der Waals surface area contributed by atoms with Crippen LogP contribution in [0.5, 0.6) is 0 Å². The second-order valence-corrected chi connectivity index (χ2v) is 1.84. The Balaban J connectivity index is 0.000000640. The van der Waals surface area contributed by atoms with E-state index >= 15 is 0 Å². The first kappa shape index (κ1) is 9.25. The molecule has 0 aromatic carbocycles. The van der Waals surface area contributed by atoms with Crippen LogP contribution >= 0.6 is 0 Å². The minimum absolute atomic E-state index is 0. The Morgan fingerprint density at radius 3 is 2.44 bits per heavy atom. The van der Waals surface area contributed by atoms with Gasteiger partial charge in [-0.2, -0.15) is 5.56 Å². The molecule has 0 amide bonds. The van der Waals surface area contributed by atoms with E-state index in [0.29, 0.717) is 0 Å². The Bertz CT molecular complexity index is 165. The molecule has 0 spiro atoms. The average Bonchev–Trinajstić information content (AvgIpc) is 1.77. The second kappa shape index (κ2) is 4.13. The molecule has 0 aliphatic heterocycles. The molecule has 0 saturated carbocycles. The zero-order valence-electron chi connectivity index (χ0n) is 5.68. The fourth-order valence-corrected chi connectivity index (χ4v) is 0.503. The van der Waals surface area contributed by atoms with Crippen molar-refractivity contribution in [1.82, 2.24) is 4.98 Å². The van der Waals surface area contributed by atoms with Crippen LogP contribution in [0.15, 0.2) is 12.3 Å². The number of hydrogen-bond acceptors (Lipinski definition) is 1. The van der Waals surface area contributed by atoms with Gasteiger partial charge >= 0.3 is 0 Å². The van der Waals surface area contributed by atoms with Gasteiger partial charge in [0.25, 0.3) is 0 Å². The molecule has 9 heavy (non-hydrogen) atoms. The molecule has 0 aliphatic carbocycles. The zero-order chi connectivity index (χ0) is 5.98. The molecule has 1 nitrogen and oxygen atoms in total. The Morgan fingerprint density at radius 1 is 1.44 bits per heavy atom. The van der Waals surface area contributed by atoms with Crippen LogP contribution in [0.3, 0.4) is 0 Å². The molecule has 0 aliphatic rings. The molecule has 0 bridgehead atoms. The van der Waals surface area contributed by atoms with Crippen molar-refractivity contribution in [3.05, 3.63) is 29.6 Å². The number of pyridine rings is 1. The van der Waals surface area contributed by atoms with E-state index in [-0.39, 0.29) is 32.7 Å². The number of aryl methyl sites for hydroxylation is 2. The van der Waals surface area contributed by atoms with Crippen molar-refractivity contribution in [3.63, 3.8) is 0 Å². The Morgan fingerprint density at radius 2 is 2.11 bits per heavy atom. The Kier molecular flexibility index (Phi) is 4.25. The third-order valence-corrected chi connectivity index (χ3v) is 1.20. The van der Waals surface area contributed by atoms with E-state index in [4.69, 9.17) is 0 Å². The van der Waals surface area contributed by atoms with Gasteiger partial charge < -0.3 is 4.98 Å². The Hall–Kier alpha value is 0.254. The third kappa shape index (κ3) is 2.55. The molecular weight excluding hydrogens is 187 g/mol. The maximum absolute atomic E-state index is 4.02. The van der Waals surface area contributed by atoms with E-state index in [2.05, 4.69) is 11.1 Å². The molecule has 45 valence electrons. The Labute approximate surface area is 80.8 Å². The molecule has 0 unspecified atom stereocenters. The van der Waals surface area contributed by atoms with Crippen LogP contribution in [0.25, 0.3) is 0 Å². The van der Waals surface area contributed by atoms with Crippen molar-refractivity contribution >= 4 is 0 Å². The first-order valence-electron chi connectivity index (χ1n) is 2.60. The summed E-state index contributed by atoms with van der Waals surface area (Å²) in [5, 5.41) is 0. The second-order valence-electron chi connectivity index (χ2n) is 1.84. The van der Waals surface area contributed by atoms with Crippen molar-refractivity contribution in [1.29, 1.82) is 0 Å². The summed E-state index contributed by atoms with van der Waals surface area (Å²) in [7, 11) is 0. The molecular formula is C7H8NY-. The van der Waals surface area contributed by atoms with Gasteiger partial charge in [0.2, 0.25) is 0 Å². The van der Waals surface area contributed by atoms with Crippen LogP contribution in [-0.2, 0) is 32.7 Å².